The van der Waals surface area contributed by atoms with Crippen LogP contribution < -0.4 is 0 Å². The summed E-state index contributed by atoms with van der Waals surface area (Å²) in [4.78, 5) is 29.8. The third-order valence-electron chi connectivity index (χ3n) is 4.73. The van der Waals surface area contributed by atoms with Crippen molar-refractivity contribution in [3.8, 4) is 0 Å². The molecule has 132 valence electrons. The average Bonchev–Trinajstić information content (AvgIpc) is 3.10. The van der Waals surface area contributed by atoms with Gasteiger partial charge in [0.25, 0.3) is 0 Å². The molecule has 1 aromatic heterocycles. The molecule has 1 aliphatic rings. The molecule has 0 unspecified atom stereocenters. The number of nitrogens with zero attached hydrogens (tertiary/aromatic N) is 2. The molecule has 2 aromatic rings. The van der Waals surface area contributed by atoms with Crippen LogP contribution in [0, 0.1) is 13.8 Å². The van der Waals surface area contributed by atoms with Gasteiger partial charge < -0.3 is 9.80 Å². The summed E-state index contributed by atoms with van der Waals surface area (Å²) < 4.78 is 0. The Hall–Kier alpha value is -2.14. The fourth-order valence-corrected chi connectivity index (χ4v) is 3.89. The maximum absolute atomic E-state index is 12.6. The van der Waals surface area contributed by atoms with Gasteiger partial charge in [-0.25, -0.2) is 0 Å². The van der Waals surface area contributed by atoms with Gasteiger partial charge in [0.15, 0.2) is 0 Å². The second-order valence-corrected chi connectivity index (χ2v) is 7.66. The van der Waals surface area contributed by atoms with Crippen molar-refractivity contribution in [3.63, 3.8) is 0 Å². The predicted molar refractivity (Wildman–Crippen MR) is 101 cm³/mol. The highest BCUT2D eigenvalue weighted by molar-refractivity contribution is 7.10. The molecule has 0 atom stereocenters. The SMILES string of the molecule is Cc1ccc(CC(=O)N2CCN(C(=O)Cc3cccs3)CC2)c(C)c1. The van der Waals surface area contributed by atoms with Gasteiger partial charge in [-0.2, -0.15) is 0 Å². The Kier molecular flexibility index (Phi) is 5.53. The van der Waals surface area contributed by atoms with E-state index in [-0.39, 0.29) is 11.8 Å². The highest BCUT2D eigenvalue weighted by Gasteiger charge is 2.24. The zero-order chi connectivity index (χ0) is 17.8. The molecule has 2 heterocycles. The van der Waals surface area contributed by atoms with Crippen molar-refractivity contribution in [2.75, 3.05) is 26.2 Å². The lowest BCUT2D eigenvalue weighted by atomic mass is 10.0. The molecule has 5 heteroatoms. The van der Waals surface area contributed by atoms with E-state index in [1.165, 1.54) is 5.56 Å². The molecule has 1 aliphatic heterocycles. The fraction of sp³-hybridized carbons (Fsp3) is 0.400. The standard InChI is InChI=1S/C20H24N2O2S/c1-15-5-6-17(16(2)12-15)13-19(23)21-7-9-22(10-8-21)20(24)14-18-4-3-11-25-18/h3-6,11-12H,7-10,13-14H2,1-2H3. The molecule has 3 rings (SSSR count). The number of carbonyl (C=O) groups is 2. The van der Waals surface area contributed by atoms with Crippen LogP contribution in [0.4, 0.5) is 0 Å². The molecule has 0 bridgehead atoms. The third kappa shape index (κ3) is 4.48. The van der Waals surface area contributed by atoms with Gasteiger partial charge >= 0.3 is 0 Å². The molecule has 0 saturated carbocycles. The number of benzene rings is 1. The van der Waals surface area contributed by atoms with Crippen molar-refractivity contribution in [1.29, 1.82) is 0 Å². The molecular formula is C20H24N2O2S. The van der Waals surface area contributed by atoms with Crippen molar-refractivity contribution in [2.24, 2.45) is 0 Å². The van der Waals surface area contributed by atoms with E-state index in [1.54, 1.807) is 11.3 Å². The Balaban J connectivity index is 1.51. The predicted octanol–water partition coefficient (Wildman–Crippen LogP) is 2.82. The lowest BCUT2D eigenvalue weighted by Crippen LogP contribution is -2.51. The summed E-state index contributed by atoms with van der Waals surface area (Å²) in [6, 6.07) is 10.2. The van der Waals surface area contributed by atoms with Crippen LogP contribution in [0.5, 0.6) is 0 Å². The normalized spacial score (nSPS) is 14.6. The second kappa shape index (κ2) is 7.83. The quantitative estimate of drug-likeness (QED) is 0.845. The summed E-state index contributed by atoms with van der Waals surface area (Å²) in [5.74, 6) is 0.307. The van der Waals surface area contributed by atoms with Gasteiger partial charge in [0.2, 0.25) is 11.8 Å². The third-order valence-corrected chi connectivity index (χ3v) is 5.61. The van der Waals surface area contributed by atoms with Gasteiger partial charge in [-0.15, -0.1) is 11.3 Å². The van der Waals surface area contributed by atoms with Crippen LogP contribution in [-0.4, -0.2) is 47.8 Å². The van der Waals surface area contributed by atoms with Crippen LogP contribution >= 0.6 is 11.3 Å². The van der Waals surface area contributed by atoms with Gasteiger partial charge in [0.05, 0.1) is 12.8 Å². The van der Waals surface area contributed by atoms with Crippen LogP contribution in [0.25, 0.3) is 0 Å². The summed E-state index contributed by atoms with van der Waals surface area (Å²) in [6.07, 6.45) is 0.906. The second-order valence-electron chi connectivity index (χ2n) is 6.62. The summed E-state index contributed by atoms with van der Waals surface area (Å²) in [7, 11) is 0. The van der Waals surface area contributed by atoms with Gasteiger partial charge in [0, 0.05) is 31.1 Å². The van der Waals surface area contributed by atoms with E-state index in [4.69, 9.17) is 0 Å². The van der Waals surface area contributed by atoms with E-state index < -0.39 is 0 Å². The molecule has 1 saturated heterocycles. The zero-order valence-electron chi connectivity index (χ0n) is 14.8. The minimum Gasteiger partial charge on any atom is -0.339 e. The van der Waals surface area contributed by atoms with E-state index in [9.17, 15) is 9.59 Å². The highest BCUT2D eigenvalue weighted by Crippen LogP contribution is 2.15. The van der Waals surface area contributed by atoms with E-state index in [0.29, 0.717) is 39.0 Å². The molecule has 1 fully saturated rings. The van der Waals surface area contributed by atoms with Crippen LogP contribution in [-0.2, 0) is 22.4 Å². The van der Waals surface area contributed by atoms with Crippen molar-refractivity contribution >= 4 is 23.2 Å². The number of amides is 2. The van der Waals surface area contributed by atoms with E-state index >= 15 is 0 Å². The van der Waals surface area contributed by atoms with Crippen molar-refractivity contribution in [2.45, 2.75) is 26.7 Å². The zero-order valence-corrected chi connectivity index (χ0v) is 15.6. The maximum atomic E-state index is 12.6. The van der Waals surface area contributed by atoms with Gasteiger partial charge in [-0.05, 0) is 36.4 Å². The highest BCUT2D eigenvalue weighted by atomic mass is 32.1. The summed E-state index contributed by atoms with van der Waals surface area (Å²) >= 11 is 1.61. The Morgan fingerprint density at radius 2 is 1.60 bits per heavy atom. The average molecular weight is 356 g/mol. The van der Waals surface area contributed by atoms with E-state index in [0.717, 1.165) is 16.0 Å². The molecular weight excluding hydrogens is 332 g/mol. The summed E-state index contributed by atoms with van der Waals surface area (Å²) in [5, 5.41) is 1.99. The Labute approximate surface area is 153 Å². The number of aryl methyl sites for hydroxylation is 2. The van der Waals surface area contributed by atoms with Crippen LogP contribution in [0.1, 0.15) is 21.6 Å². The number of hydrogen-bond donors (Lipinski definition) is 0. The number of hydrogen-bond acceptors (Lipinski definition) is 3. The maximum Gasteiger partial charge on any atom is 0.227 e. The van der Waals surface area contributed by atoms with Gasteiger partial charge in [0.1, 0.15) is 0 Å². The molecule has 0 radical (unpaired) electrons. The minimum absolute atomic E-state index is 0.150. The monoisotopic (exact) mass is 356 g/mol. The molecule has 0 spiro atoms. The van der Waals surface area contributed by atoms with E-state index in [1.807, 2.05) is 33.4 Å². The lowest BCUT2D eigenvalue weighted by Gasteiger charge is -2.35. The summed E-state index contributed by atoms with van der Waals surface area (Å²) in [5.41, 5.74) is 3.47. The van der Waals surface area contributed by atoms with E-state index in [2.05, 4.69) is 26.0 Å². The molecule has 2 amide bonds. The van der Waals surface area contributed by atoms with Crippen molar-refractivity contribution in [3.05, 3.63) is 57.3 Å². The van der Waals surface area contributed by atoms with Crippen molar-refractivity contribution < 1.29 is 9.59 Å². The largest absolute Gasteiger partial charge is 0.339 e. The molecule has 0 N–H and O–H groups in total. The first-order valence-electron chi connectivity index (χ1n) is 8.67. The number of thiophene rings is 1. The number of carbonyl (C=O) groups excluding carboxylic acids is 2. The minimum atomic E-state index is 0.150. The Bertz CT molecular complexity index is 747. The molecule has 0 aliphatic carbocycles. The number of rotatable bonds is 4. The molecule has 1 aromatic carbocycles. The summed E-state index contributed by atoms with van der Waals surface area (Å²) in [6.45, 7) is 6.62. The topological polar surface area (TPSA) is 40.6 Å². The van der Waals surface area contributed by atoms with Crippen LogP contribution in [0.2, 0.25) is 0 Å². The lowest BCUT2D eigenvalue weighted by molar-refractivity contribution is -0.138. The first kappa shape index (κ1) is 17.7. The van der Waals surface area contributed by atoms with Crippen molar-refractivity contribution in [1.82, 2.24) is 9.80 Å². The molecule has 4 nitrogen and oxygen atoms in total. The van der Waals surface area contributed by atoms with Gasteiger partial charge in [-0.1, -0.05) is 29.8 Å². The Morgan fingerprint density at radius 3 is 2.16 bits per heavy atom. The molecule has 25 heavy (non-hydrogen) atoms. The van der Waals surface area contributed by atoms with Crippen LogP contribution in [0.15, 0.2) is 35.7 Å². The smallest absolute Gasteiger partial charge is 0.227 e. The van der Waals surface area contributed by atoms with Crippen LogP contribution in [0.3, 0.4) is 0 Å². The Morgan fingerprint density at radius 1 is 0.960 bits per heavy atom. The first-order chi connectivity index (χ1) is 12.0. The number of piperazine rings is 1. The van der Waals surface area contributed by atoms with Gasteiger partial charge in [-0.3, -0.25) is 9.59 Å². The fourth-order valence-electron chi connectivity index (χ4n) is 3.20. The first-order valence-corrected chi connectivity index (χ1v) is 9.55.